The number of fused-ring (bicyclic) bond motifs is 1. The Balaban J connectivity index is 1.61. The zero-order chi connectivity index (χ0) is 32.0. The van der Waals surface area contributed by atoms with Crippen LogP contribution >= 0.6 is 0 Å². The van der Waals surface area contributed by atoms with Crippen molar-refractivity contribution in [2.45, 2.75) is 43.7 Å². The van der Waals surface area contributed by atoms with Gasteiger partial charge in [0, 0.05) is 42.7 Å². The van der Waals surface area contributed by atoms with Crippen molar-refractivity contribution in [3.05, 3.63) is 111 Å². The predicted molar refractivity (Wildman–Crippen MR) is 163 cm³/mol. The highest BCUT2D eigenvalue weighted by Gasteiger charge is 2.31. The number of rotatable bonds is 13. The third-order valence-corrected chi connectivity index (χ3v) is 8.76. The lowest BCUT2D eigenvalue weighted by atomic mass is 10.00. The Morgan fingerprint density at radius 3 is 2.34 bits per heavy atom. The molecular weight excluding hydrogens is 590 g/mol. The minimum atomic E-state index is -4.18. The second-order valence-electron chi connectivity index (χ2n) is 10.8. The van der Waals surface area contributed by atoms with E-state index < -0.39 is 38.6 Å². The highest BCUT2D eigenvalue weighted by atomic mass is 32.2. The molecule has 1 heterocycles. The number of nitrogens with zero attached hydrogens (tertiary/aromatic N) is 2. The lowest BCUT2D eigenvalue weighted by molar-refractivity contribution is -0.384. The van der Waals surface area contributed by atoms with E-state index in [1.54, 1.807) is 12.1 Å². The van der Waals surface area contributed by atoms with E-state index >= 15 is 0 Å². The molecule has 0 saturated carbocycles. The lowest BCUT2D eigenvalue weighted by Crippen LogP contribution is -2.51. The van der Waals surface area contributed by atoms with Gasteiger partial charge in [-0.3, -0.25) is 14.9 Å². The standard InChI is InChI=1S/C31H33N3O9S/c1-20(2)18-33(44(41,42)25-11-8-23(9-12-25)34(39)40)19-28(36)27(14-21-6-4-3-5-7-21)32-30(37)15-22-16-31(38)43-29-17-24(35)10-13-26(22)29/h3-13,16-17,20,27-28,35-36H,14-15,18-19H2,1-2H3,(H,32,37)/t27-,28+/m0/s1. The Hall–Kier alpha value is -4.59. The van der Waals surface area contributed by atoms with E-state index in [9.17, 15) is 38.3 Å². The van der Waals surface area contributed by atoms with Crippen LogP contribution < -0.4 is 10.9 Å². The molecule has 232 valence electrons. The normalized spacial score (nSPS) is 13.2. The van der Waals surface area contributed by atoms with Crippen LogP contribution in [0.15, 0.2) is 93.0 Å². The fourth-order valence-electron chi connectivity index (χ4n) is 4.85. The number of amides is 1. The van der Waals surface area contributed by atoms with Gasteiger partial charge in [-0.25, -0.2) is 13.2 Å². The molecule has 13 heteroatoms. The van der Waals surface area contributed by atoms with Crippen LogP contribution in [-0.2, 0) is 27.7 Å². The van der Waals surface area contributed by atoms with Gasteiger partial charge >= 0.3 is 5.63 Å². The van der Waals surface area contributed by atoms with Crippen molar-refractivity contribution in [1.82, 2.24) is 9.62 Å². The van der Waals surface area contributed by atoms with Crippen molar-refractivity contribution < 1.29 is 32.8 Å². The predicted octanol–water partition coefficient (Wildman–Crippen LogP) is 3.38. The van der Waals surface area contributed by atoms with Crippen LogP contribution in [0.1, 0.15) is 25.0 Å². The number of hydrogen-bond donors (Lipinski definition) is 3. The van der Waals surface area contributed by atoms with E-state index in [-0.39, 0.29) is 53.8 Å². The quantitative estimate of drug-likeness (QED) is 0.114. The number of phenolic OH excluding ortho intramolecular Hbond substituents is 1. The number of carbonyl (C=O) groups excluding carboxylic acids is 1. The van der Waals surface area contributed by atoms with Crippen LogP contribution in [0.25, 0.3) is 11.0 Å². The number of non-ortho nitro benzene ring substituents is 1. The Kier molecular flexibility index (Phi) is 10.1. The van der Waals surface area contributed by atoms with Gasteiger partial charge in [-0.05, 0) is 47.7 Å². The Morgan fingerprint density at radius 1 is 1.02 bits per heavy atom. The average molecular weight is 624 g/mol. The topological polar surface area (TPSA) is 180 Å². The van der Waals surface area contributed by atoms with E-state index in [0.29, 0.717) is 10.9 Å². The maximum atomic E-state index is 13.6. The van der Waals surface area contributed by atoms with Gasteiger partial charge in [0.15, 0.2) is 0 Å². The molecule has 3 N–H and O–H groups in total. The van der Waals surface area contributed by atoms with Crippen molar-refractivity contribution in [2.75, 3.05) is 13.1 Å². The van der Waals surface area contributed by atoms with Gasteiger partial charge < -0.3 is 19.9 Å². The molecular formula is C31H33N3O9S. The van der Waals surface area contributed by atoms with Crippen LogP contribution in [0.3, 0.4) is 0 Å². The maximum absolute atomic E-state index is 13.6. The van der Waals surface area contributed by atoms with Gasteiger partial charge in [-0.1, -0.05) is 44.2 Å². The Bertz CT molecular complexity index is 1790. The van der Waals surface area contributed by atoms with Crippen molar-refractivity contribution in [2.24, 2.45) is 5.92 Å². The van der Waals surface area contributed by atoms with Crippen molar-refractivity contribution in [3.8, 4) is 5.75 Å². The smallest absolute Gasteiger partial charge is 0.336 e. The Labute approximate surface area is 253 Å². The highest BCUT2D eigenvalue weighted by molar-refractivity contribution is 7.89. The number of hydrogen-bond acceptors (Lipinski definition) is 9. The number of aliphatic hydroxyl groups excluding tert-OH is 1. The van der Waals surface area contributed by atoms with Gasteiger partial charge in [0.25, 0.3) is 5.69 Å². The second kappa shape index (κ2) is 13.8. The Morgan fingerprint density at radius 2 is 1.70 bits per heavy atom. The van der Waals surface area contributed by atoms with Crippen LogP contribution in [-0.4, -0.2) is 59.0 Å². The number of nitro groups is 1. The van der Waals surface area contributed by atoms with Crippen LogP contribution in [0.5, 0.6) is 5.75 Å². The number of benzene rings is 3. The number of aliphatic hydroxyl groups is 1. The molecule has 0 radical (unpaired) electrons. The summed E-state index contributed by atoms with van der Waals surface area (Å²) in [7, 11) is -4.18. The van der Waals surface area contributed by atoms with Crippen molar-refractivity contribution in [1.29, 1.82) is 0 Å². The molecule has 3 aromatic carbocycles. The molecule has 4 rings (SSSR count). The molecule has 0 bridgehead atoms. The van der Waals surface area contributed by atoms with Crippen molar-refractivity contribution >= 4 is 32.6 Å². The fraction of sp³-hybridized carbons (Fsp3) is 0.290. The minimum Gasteiger partial charge on any atom is -0.508 e. The summed E-state index contributed by atoms with van der Waals surface area (Å²) in [6.07, 6.45) is -1.44. The number of phenols is 1. The molecule has 1 aromatic heterocycles. The number of sulfonamides is 1. The zero-order valence-corrected chi connectivity index (χ0v) is 24.9. The molecule has 0 aliphatic heterocycles. The molecule has 0 aliphatic rings. The molecule has 0 saturated heterocycles. The molecule has 0 unspecified atom stereocenters. The SMILES string of the molecule is CC(C)CN(C[C@@H](O)[C@H](Cc1ccccc1)NC(=O)Cc1cc(=O)oc2cc(O)ccc12)S(=O)(=O)c1ccc([N+](=O)[O-])cc1. The van der Waals surface area contributed by atoms with Crippen LogP contribution in [0, 0.1) is 16.0 Å². The molecule has 0 aliphatic carbocycles. The molecule has 12 nitrogen and oxygen atoms in total. The summed E-state index contributed by atoms with van der Waals surface area (Å²) in [4.78, 5) is 35.7. The van der Waals surface area contributed by atoms with Crippen LogP contribution in [0.4, 0.5) is 5.69 Å². The van der Waals surface area contributed by atoms with E-state index in [4.69, 9.17) is 4.42 Å². The highest BCUT2D eigenvalue weighted by Crippen LogP contribution is 2.24. The number of aromatic hydroxyl groups is 1. The first-order valence-electron chi connectivity index (χ1n) is 13.8. The lowest BCUT2D eigenvalue weighted by Gasteiger charge is -2.30. The molecule has 44 heavy (non-hydrogen) atoms. The summed E-state index contributed by atoms with van der Waals surface area (Å²) in [6, 6.07) is 18.0. The number of nitrogens with one attached hydrogen (secondary N) is 1. The first-order valence-corrected chi connectivity index (χ1v) is 15.3. The first-order chi connectivity index (χ1) is 20.8. The van der Waals surface area contributed by atoms with E-state index in [2.05, 4.69) is 5.32 Å². The largest absolute Gasteiger partial charge is 0.508 e. The van der Waals surface area contributed by atoms with E-state index in [1.165, 1.54) is 24.3 Å². The first kappa shape index (κ1) is 32.3. The number of nitro benzene ring substituents is 1. The molecule has 4 aromatic rings. The fourth-order valence-corrected chi connectivity index (χ4v) is 6.47. The third-order valence-electron chi connectivity index (χ3n) is 6.92. The molecule has 1 amide bonds. The summed E-state index contributed by atoms with van der Waals surface area (Å²) < 4.78 is 33.5. The maximum Gasteiger partial charge on any atom is 0.336 e. The van der Waals surface area contributed by atoms with Gasteiger partial charge in [0.05, 0.1) is 28.4 Å². The van der Waals surface area contributed by atoms with E-state index in [1.807, 2.05) is 32.0 Å². The van der Waals surface area contributed by atoms with Gasteiger partial charge in [0.2, 0.25) is 15.9 Å². The second-order valence-corrected chi connectivity index (χ2v) is 12.8. The van der Waals surface area contributed by atoms with Crippen LogP contribution in [0.2, 0.25) is 0 Å². The molecule has 0 spiro atoms. The van der Waals surface area contributed by atoms with Gasteiger partial charge in [-0.2, -0.15) is 4.31 Å². The minimum absolute atomic E-state index is 0.0427. The van der Waals surface area contributed by atoms with Gasteiger partial charge in [0.1, 0.15) is 11.3 Å². The summed E-state index contributed by atoms with van der Waals surface area (Å²) in [6.45, 7) is 3.30. The summed E-state index contributed by atoms with van der Waals surface area (Å²) in [5, 5.41) is 35.5. The summed E-state index contributed by atoms with van der Waals surface area (Å²) in [5.41, 5.74) is 0.288. The van der Waals surface area contributed by atoms with Gasteiger partial charge in [-0.15, -0.1) is 0 Å². The zero-order valence-electron chi connectivity index (χ0n) is 24.1. The van der Waals surface area contributed by atoms with Crippen molar-refractivity contribution in [3.63, 3.8) is 0 Å². The van der Waals surface area contributed by atoms with E-state index in [0.717, 1.165) is 34.1 Å². The average Bonchev–Trinajstić information content (AvgIpc) is 2.96. The summed E-state index contributed by atoms with van der Waals surface area (Å²) >= 11 is 0. The monoisotopic (exact) mass is 623 g/mol. The molecule has 2 atom stereocenters. The number of carbonyl (C=O) groups is 1. The molecule has 0 fully saturated rings. The summed E-state index contributed by atoms with van der Waals surface area (Å²) in [5.74, 6) is -0.767. The third kappa shape index (κ3) is 8.07.